The molecule has 0 aromatic heterocycles. The topological polar surface area (TPSA) is 15.0 Å². The molecule has 1 saturated heterocycles. The number of fused-ring (bicyclic) bond motifs is 3. The van der Waals surface area contributed by atoms with E-state index in [0.29, 0.717) is 12.1 Å². The molecule has 4 aliphatic rings. The van der Waals surface area contributed by atoms with Gasteiger partial charge in [0, 0.05) is 24.4 Å². The molecular formula is C38H40N2. The average molecular weight is 525 g/mol. The smallest absolute Gasteiger partial charge is 0.101 e. The minimum absolute atomic E-state index is 0.0904. The maximum Gasteiger partial charge on any atom is 0.101 e. The normalized spacial score (nSPS) is 26.6. The minimum Gasteiger partial charge on any atom is -0.374 e. The number of hydrogen-bond donors (Lipinski definition) is 1. The van der Waals surface area contributed by atoms with Gasteiger partial charge in [-0.1, -0.05) is 132 Å². The summed E-state index contributed by atoms with van der Waals surface area (Å²) in [6, 6.07) is 27.9. The highest BCUT2D eigenvalue weighted by atomic mass is 15.4. The SMILES string of the molecule is CC(C)(C)C1=C[C@]2(C=C1)NC=C(c1ccccc1C1C3C=C(C(C)(C)C)CN31)c1ccc(-c3ccccc3)cc12. The second-order valence-corrected chi connectivity index (χ2v) is 14.0. The summed E-state index contributed by atoms with van der Waals surface area (Å²) < 4.78 is 0. The van der Waals surface area contributed by atoms with Crippen LogP contribution in [0, 0.1) is 10.8 Å². The van der Waals surface area contributed by atoms with Crippen molar-refractivity contribution in [3.63, 3.8) is 0 Å². The Labute approximate surface area is 239 Å². The summed E-state index contributed by atoms with van der Waals surface area (Å²) in [7, 11) is 0. The van der Waals surface area contributed by atoms with Gasteiger partial charge in [0.15, 0.2) is 0 Å². The molecule has 3 aliphatic heterocycles. The zero-order valence-corrected chi connectivity index (χ0v) is 24.6. The Morgan fingerprint density at radius 3 is 2.23 bits per heavy atom. The molecule has 4 atom stereocenters. The Bertz CT molecular complexity index is 1620. The van der Waals surface area contributed by atoms with Gasteiger partial charge < -0.3 is 5.32 Å². The maximum absolute atomic E-state index is 3.89. The van der Waals surface area contributed by atoms with Gasteiger partial charge in [0.25, 0.3) is 0 Å². The molecule has 3 aromatic carbocycles. The summed E-state index contributed by atoms with van der Waals surface area (Å²) >= 11 is 0. The van der Waals surface area contributed by atoms with Crippen LogP contribution >= 0.6 is 0 Å². The molecular weight excluding hydrogens is 484 g/mol. The van der Waals surface area contributed by atoms with Crippen molar-refractivity contribution < 1.29 is 0 Å². The maximum atomic E-state index is 3.89. The number of nitrogens with zero attached hydrogens (tertiary/aromatic N) is 1. The monoisotopic (exact) mass is 524 g/mol. The van der Waals surface area contributed by atoms with Gasteiger partial charge >= 0.3 is 0 Å². The third kappa shape index (κ3) is 4.04. The first-order valence-electron chi connectivity index (χ1n) is 14.7. The van der Waals surface area contributed by atoms with Crippen molar-refractivity contribution in [2.45, 2.75) is 59.2 Å². The van der Waals surface area contributed by atoms with E-state index in [0.717, 1.165) is 6.54 Å². The van der Waals surface area contributed by atoms with E-state index in [-0.39, 0.29) is 16.4 Å². The van der Waals surface area contributed by atoms with E-state index in [1.54, 1.807) is 5.57 Å². The number of rotatable bonds is 3. The first-order chi connectivity index (χ1) is 19.1. The second-order valence-electron chi connectivity index (χ2n) is 14.0. The molecule has 0 radical (unpaired) electrons. The van der Waals surface area contributed by atoms with E-state index < -0.39 is 0 Å². The van der Waals surface area contributed by atoms with Crippen molar-refractivity contribution in [3.05, 3.63) is 137 Å². The van der Waals surface area contributed by atoms with Gasteiger partial charge in [-0.15, -0.1) is 0 Å². The van der Waals surface area contributed by atoms with Crippen LogP contribution in [-0.2, 0) is 5.54 Å². The zero-order chi connectivity index (χ0) is 27.9. The van der Waals surface area contributed by atoms with Gasteiger partial charge in [0.1, 0.15) is 5.54 Å². The second kappa shape index (κ2) is 8.69. The lowest BCUT2D eigenvalue weighted by Crippen LogP contribution is -2.38. The summed E-state index contributed by atoms with van der Waals surface area (Å²) in [5.41, 5.74) is 12.1. The van der Waals surface area contributed by atoms with Crippen molar-refractivity contribution >= 4 is 5.57 Å². The molecule has 3 heterocycles. The van der Waals surface area contributed by atoms with Crippen molar-refractivity contribution in [2.24, 2.45) is 10.8 Å². The predicted octanol–water partition coefficient (Wildman–Crippen LogP) is 8.80. The molecule has 0 amide bonds. The zero-order valence-electron chi connectivity index (χ0n) is 24.6. The van der Waals surface area contributed by atoms with Gasteiger partial charge in [-0.2, -0.15) is 0 Å². The van der Waals surface area contributed by atoms with Crippen molar-refractivity contribution in [2.75, 3.05) is 6.54 Å². The summed E-state index contributed by atoms with van der Waals surface area (Å²) in [4.78, 5) is 2.65. The van der Waals surface area contributed by atoms with Gasteiger partial charge in [0.05, 0.1) is 6.04 Å². The summed E-state index contributed by atoms with van der Waals surface area (Å²) in [6.07, 6.45) is 11.9. The highest BCUT2D eigenvalue weighted by Crippen LogP contribution is 2.54. The van der Waals surface area contributed by atoms with E-state index in [9.17, 15) is 0 Å². The fraction of sp³-hybridized carbons (Fsp3) is 0.316. The number of hydrogen-bond acceptors (Lipinski definition) is 2. The number of allylic oxidation sites excluding steroid dienone is 2. The highest BCUT2D eigenvalue weighted by molar-refractivity contribution is 5.87. The van der Waals surface area contributed by atoms with Crippen LogP contribution in [0.4, 0.5) is 0 Å². The van der Waals surface area contributed by atoms with E-state index in [1.165, 1.54) is 44.5 Å². The molecule has 202 valence electrons. The Morgan fingerprint density at radius 1 is 0.800 bits per heavy atom. The van der Waals surface area contributed by atoms with E-state index in [4.69, 9.17) is 0 Å². The first-order valence-corrected chi connectivity index (χ1v) is 14.7. The van der Waals surface area contributed by atoms with Crippen LogP contribution in [0.2, 0.25) is 0 Å². The van der Waals surface area contributed by atoms with Crippen LogP contribution in [-0.4, -0.2) is 17.5 Å². The van der Waals surface area contributed by atoms with Crippen LogP contribution in [0.5, 0.6) is 0 Å². The standard InChI is InChI=1S/C38H40N2/c1-36(2,3)27-18-19-38(22-27)33-20-26(25-12-8-7-9-13-25)16-17-30(33)32(23-39-38)29-14-10-11-15-31(29)35-34-21-28(24-40(34)35)37(4,5)6/h7-23,34-35,39H,24H2,1-6H3/t34?,35?,38-,40?/m0/s1. The third-order valence-corrected chi connectivity index (χ3v) is 9.32. The summed E-state index contributed by atoms with van der Waals surface area (Å²) in [6.45, 7) is 15.0. The molecule has 40 heavy (non-hydrogen) atoms. The van der Waals surface area contributed by atoms with Gasteiger partial charge in [0.2, 0.25) is 0 Å². The van der Waals surface area contributed by atoms with Crippen LogP contribution in [0.25, 0.3) is 16.7 Å². The largest absolute Gasteiger partial charge is 0.374 e. The molecule has 1 fully saturated rings. The number of benzene rings is 3. The fourth-order valence-corrected chi connectivity index (χ4v) is 6.78. The van der Waals surface area contributed by atoms with Crippen LogP contribution in [0.3, 0.4) is 0 Å². The number of nitrogens with one attached hydrogen (secondary N) is 1. The lowest BCUT2D eigenvalue weighted by atomic mass is 9.77. The van der Waals surface area contributed by atoms with E-state index in [1.807, 2.05) is 0 Å². The highest BCUT2D eigenvalue weighted by Gasteiger charge is 2.53. The van der Waals surface area contributed by atoms with Gasteiger partial charge in [-0.3, -0.25) is 4.90 Å². The third-order valence-electron chi connectivity index (χ3n) is 9.32. The molecule has 1 aliphatic carbocycles. The quantitative estimate of drug-likeness (QED) is 0.272. The van der Waals surface area contributed by atoms with E-state index >= 15 is 0 Å². The lowest BCUT2D eigenvalue weighted by molar-refractivity contribution is 0.449. The fourth-order valence-electron chi connectivity index (χ4n) is 6.78. The minimum atomic E-state index is -0.342. The molecule has 7 rings (SSSR count). The summed E-state index contributed by atoms with van der Waals surface area (Å²) in [5, 5.41) is 3.89. The van der Waals surface area contributed by atoms with Crippen molar-refractivity contribution in [3.8, 4) is 11.1 Å². The van der Waals surface area contributed by atoms with Gasteiger partial charge in [-0.05, 0) is 61.9 Å². The predicted molar refractivity (Wildman–Crippen MR) is 168 cm³/mol. The Hall–Kier alpha value is -3.62. The average Bonchev–Trinajstić information content (AvgIpc) is 3.24. The molecule has 0 bridgehead atoms. The Morgan fingerprint density at radius 2 is 1.55 bits per heavy atom. The molecule has 0 saturated carbocycles. The molecule has 1 spiro atoms. The molecule has 3 aromatic rings. The molecule has 2 nitrogen and oxygen atoms in total. The van der Waals surface area contributed by atoms with Crippen LogP contribution in [0.15, 0.2) is 114 Å². The molecule has 2 heteroatoms. The molecule has 3 unspecified atom stereocenters. The lowest BCUT2D eigenvalue weighted by Gasteiger charge is -2.35. The van der Waals surface area contributed by atoms with Crippen molar-refractivity contribution in [1.29, 1.82) is 0 Å². The molecule has 1 N–H and O–H groups in total. The van der Waals surface area contributed by atoms with Gasteiger partial charge in [-0.25, -0.2) is 0 Å². The first kappa shape index (κ1) is 25.4. The Balaban J connectivity index is 1.33. The van der Waals surface area contributed by atoms with Crippen molar-refractivity contribution in [1.82, 2.24) is 10.2 Å². The van der Waals surface area contributed by atoms with Crippen LogP contribution < -0.4 is 5.32 Å². The van der Waals surface area contributed by atoms with Crippen LogP contribution in [0.1, 0.15) is 69.8 Å². The summed E-state index contributed by atoms with van der Waals surface area (Å²) in [5.74, 6) is 0. The van der Waals surface area contributed by atoms with E-state index in [2.05, 4.69) is 155 Å². The Kier molecular flexibility index (Phi) is 5.51.